The highest BCUT2D eigenvalue weighted by Gasteiger charge is 2.51. The molecule has 0 aliphatic carbocycles. The van der Waals surface area contributed by atoms with E-state index in [0.717, 1.165) is 37.4 Å². The molecule has 1 amide bonds. The van der Waals surface area contributed by atoms with Crippen LogP contribution in [0.3, 0.4) is 0 Å². The van der Waals surface area contributed by atoms with Gasteiger partial charge in [0, 0.05) is 6.04 Å². The molecule has 1 atom stereocenters. The Morgan fingerprint density at radius 1 is 1.16 bits per heavy atom. The number of benzene rings is 2. The highest BCUT2D eigenvalue weighted by molar-refractivity contribution is 6.01. The van der Waals surface area contributed by atoms with E-state index in [1.165, 1.54) is 23.1 Å². The van der Waals surface area contributed by atoms with E-state index in [1.807, 2.05) is 14.0 Å². The maximum atomic E-state index is 14.7. The van der Waals surface area contributed by atoms with Gasteiger partial charge in [0.15, 0.2) is 11.6 Å². The summed E-state index contributed by atoms with van der Waals surface area (Å²) in [5.41, 5.74) is -0.842. The summed E-state index contributed by atoms with van der Waals surface area (Å²) in [6.07, 6.45) is 3.57. The van der Waals surface area contributed by atoms with Crippen LogP contribution in [0.4, 0.5) is 24.5 Å². The lowest BCUT2D eigenvalue weighted by molar-refractivity contribution is -0.135. The normalized spacial score (nSPS) is 20.7. The summed E-state index contributed by atoms with van der Waals surface area (Å²) in [6, 6.07) is 6.46. The Morgan fingerprint density at radius 3 is 2.56 bits per heavy atom. The standard InChI is InChI=1S/C24H28F3N3O2/c1-3-15-7-10-19(18(26)12-15)28-22-16(8-9-17(25)21(22)27)23(31)30-13-24(32,14-30)20-6-4-5-11-29(20)2/h7-10,12,20,28,32H,3-6,11,13-14H2,1-2H3. The number of carbonyl (C=O) groups excluding carboxylic acids is 1. The van der Waals surface area contributed by atoms with Crippen molar-refractivity contribution in [3.05, 3.63) is 58.9 Å². The SMILES string of the molecule is CCc1ccc(Nc2c(C(=O)N3CC(O)(C4CCCCN4C)C3)ccc(F)c2F)c(F)c1. The van der Waals surface area contributed by atoms with E-state index in [2.05, 4.69) is 10.2 Å². The molecule has 8 heteroatoms. The molecule has 2 saturated heterocycles. The van der Waals surface area contributed by atoms with Gasteiger partial charge in [0.1, 0.15) is 11.4 Å². The average Bonchev–Trinajstić information content (AvgIpc) is 2.76. The molecule has 2 fully saturated rings. The molecule has 2 aliphatic heterocycles. The zero-order chi connectivity index (χ0) is 23.0. The van der Waals surface area contributed by atoms with Crippen LogP contribution >= 0.6 is 0 Å². The lowest BCUT2D eigenvalue weighted by atomic mass is 9.80. The van der Waals surface area contributed by atoms with E-state index in [1.54, 1.807) is 6.07 Å². The van der Waals surface area contributed by atoms with Crippen molar-refractivity contribution in [2.75, 3.05) is 32.0 Å². The van der Waals surface area contributed by atoms with E-state index in [4.69, 9.17) is 0 Å². The first-order chi connectivity index (χ1) is 15.2. The summed E-state index contributed by atoms with van der Waals surface area (Å²) in [4.78, 5) is 16.6. The molecule has 1 unspecified atom stereocenters. The van der Waals surface area contributed by atoms with Crippen LogP contribution in [-0.4, -0.2) is 59.1 Å². The van der Waals surface area contributed by atoms with Crippen LogP contribution in [0, 0.1) is 17.5 Å². The van der Waals surface area contributed by atoms with E-state index < -0.39 is 34.6 Å². The summed E-state index contributed by atoms with van der Waals surface area (Å²) in [7, 11) is 1.96. The highest BCUT2D eigenvalue weighted by atomic mass is 19.2. The summed E-state index contributed by atoms with van der Waals surface area (Å²) in [5.74, 6) is -3.55. The fourth-order valence-corrected chi connectivity index (χ4v) is 4.76. The molecule has 172 valence electrons. The Labute approximate surface area is 185 Å². The van der Waals surface area contributed by atoms with E-state index in [9.17, 15) is 23.1 Å². The van der Waals surface area contributed by atoms with Crippen molar-refractivity contribution in [1.29, 1.82) is 0 Å². The van der Waals surface area contributed by atoms with Crippen molar-refractivity contribution in [2.45, 2.75) is 44.2 Å². The number of nitrogens with one attached hydrogen (secondary N) is 1. The molecule has 2 aromatic carbocycles. The summed E-state index contributed by atoms with van der Waals surface area (Å²) in [6.45, 7) is 2.99. The van der Waals surface area contributed by atoms with Crippen LogP contribution in [-0.2, 0) is 6.42 Å². The lowest BCUT2D eigenvalue weighted by Crippen LogP contribution is -2.72. The fraction of sp³-hybridized carbons (Fsp3) is 0.458. The maximum absolute atomic E-state index is 14.7. The fourth-order valence-electron chi connectivity index (χ4n) is 4.76. The van der Waals surface area contributed by atoms with E-state index in [-0.39, 0.29) is 30.4 Å². The molecule has 0 saturated carbocycles. The number of β-amino-alcohol motifs (C(OH)–C–C–N with tert-alkyl or cyclic N) is 1. The van der Waals surface area contributed by atoms with Gasteiger partial charge in [-0.3, -0.25) is 4.79 Å². The van der Waals surface area contributed by atoms with Gasteiger partial charge in [-0.15, -0.1) is 0 Å². The molecule has 5 nitrogen and oxygen atoms in total. The summed E-state index contributed by atoms with van der Waals surface area (Å²) in [5, 5.41) is 13.6. The minimum atomic E-state index is -1.25. The molecular weight excluding hydrogens is 419 g/mol. The zero-order valence-electron chi connectivity index (χ0n) is 18.3. The average molecular weight is 448 g/mol. The predicted octanol–water partition coefficient (Wildman–Crippen LogP) is 4.08. The van der Waals surface area contributed by atoms with Gasteiger partial charge in [0.05, 0.1) is 30.0 Å². The number of anilines is 2. The summed E-state index contributed by atoms with van der Waals surface area (Å²) >= 11 is 0. The van der Waals surface area contributed by atoms with Crippen molar-refractivity contribution in [3.8, 4) is 0 Å². The number of aliphatic hydroxyl groups is 1. The van der Waals surface area contributed by atoms with Gasteiger partial charge in [-0.05, 0) is 62.7 Å². The number of amides is 1. The molecule has 2 aromatic rings. The maximum Gasteiger partial charge on any atom is 0.256 e. The van der Waals surface area contributed by atoms with Crippen LogP contribution in [0.15, 0.2) is 30.3 Å². The van der Waals surface area contributed by atoms with E-state index >= 15 is 0 Å². The van der Waals surface area contributed by atoms with E-state index in [0.29, 0.717) is 6.42 Å². The Hall–Kier alpha value is -2.58. The second-order valence-electron chi connectivity index (χ2n) is 8.83. The van der Waals surface area contributed by atoms with Gasteiger partial charge in [-0.25, -0.2) is 13.2 Å². The molecular formula is C24H28F3N3O2. The molecule has 32 heavy (non-hydrogen) atoms. The lowest BCUT2D eigenvalue weighted by Gasteiger charge is -2.54. The van der Waals surface area contributed by atoms with Crippen molar-refractivity contribution >= 4 is 17.3 Å². The Balaban J connectivity index is 1.57. The highest BCUT2D eigenvalue weighted by Crippen LogP contribution is 2.35. The van der Waals surface area contributed by atoms with Crippen LogP contribution in [0.25, 0.3) is 0 Å². The van der Waals surface area contributed by atoms with Gasteiger partial charge < -0.3 is 20.2 Å². The van der Waals surface area contributed by atoms with Gasteiger partial charge in [-0.2, -0.15) is 0 Å². The second-order valence-corrected chi connectivity index (χ2v) is 8.83. The number of rotatable bonds is 5. The molecule has 4 rings (SSSR count). The second kappa shape index (κ2) is 8.75. The molecule has 0 bridgehead atoms. The first kappa shape index (κ1) is 22.6. The number of likely N-dealkylation sites (N-methyl/N-ethyl adjacent to an activating group) is 1. The first-order valence-corrected chi connectivity index (χ1v) is 11.0. The number of carbonyl (C=O) groups is 1. The molecule has 0 aromatic heterocycles. The Kier molecular flexibility index (Phi) is 6.18. The van der Waals surface area contributed by atoms with Gasteiger partial charge in [0.2, 0.25) is 0 Å². The van der Waals surface area contributed by atoms with Crippen LogP contribution in [0.5, 0.6) is 0 Å². The smallest absolute Gasteiger partial charge is 0.256 e. The minimum Gasteiger partial charge on any atom is -0.385 e. The number of hydrogen-bond acceptors (Lipinski definition) is 4. The summed E-state index contributed by atoms with van der Waals surface area (Å²) < 4.78 is 43.1. The monoisotopic (exact) mass is 447 g/mol. The molecule has 2 aliphatic rings. The van der Waals surface area contributed by atoms with Crippen molar-refractivity contribution < 1.29 is 23.1 Å². The van der Waals surface area contributed by atoms with Crippen molar-refractivity contribution in [2.24, 2.45) is 0 Å². The number of piperidine rings is 1. The van der Waals surface area contributed by atoms with Crippen LogP contribution in [0.1, 0.15) is 42.1 Å². The third-order valence-corrected chi connectivity index (χ3v) is 6.63. The van der Waals surface area contributed by atoms with Gasteiger partial charge in [-0.1, -0.05) is 19.4 Å². The van der Waals surface area contributed by atoms with Crippen LogP contribution in [0.2, 0.25) is 0 Å². The van der Waals surface area contributed by atoms with Gasteiger partial charge in [0.25, 0.3) is 5.91 Å². The molecule has 0 spiro atoms. The predicted molar refractivity (Wildman–Crippen MR) is 117 cm³/mol. The minimum absolute atomic E-state index is 0.0472. The third kappa shape index (κ3) is 4.09. The molecule has 2 heterocycles. The number of hydrogen-bond donors (Lipinski definition) is 2. The Bertz CT molecular complexity index is 1020. The number of likely N-dealkylation sites (tertiary alicyclic amines) is 2. The third-order valence-electron chi connectivity index (χ3n) is 6.63. The largest absolute Gasteiger partial charge is 0.385 e. The number of aryl methyl sites for hydroxylation is 1. The Morgan fingerprint density at radius 2 is 1.91 bits per heavy atom. The quantitative estimate of drug-likeness (QED) is 0.725. The number of halogens is 3. The molecule has 2 N–H and O–H groups in total. The molecule has 0 radical (unpaired) electrons. The van der Waals surface area contributed by atoms with Crippen LogP contribution < -0.4 is 5.32 Å². The van der Waals surface area contributed by atoms with Gasteiger partial charge >= 0.3 is 0 Å². The van der Waals surface area contributed by atoms with Crippen molar-refractivity contribution in [1.82, 2.24) is 9.80 Å². The zero-order valence-corrected chi connectivity index (χ0v) is 18.3. The number of nitrogens with zero attached hydrogens (tertiary/aromatic N) is 2. The topological polar surface area (TPSA) is 55.8 Å². The van der Waals surface area contributed by atoms with Crippen molar-refractivity contribution in [3.63, 3.8) is 0 Å². The first-order valence-electron chi connectivity index (χ1n) is 11.0.